The molecule has 2 aliphatic rings. The van der Waals surface area contributed by atoms with Crippen LogP contribution in [-0.4, -0.2) is 65.6 Å². The van der Waals surface area contributed by atoms with Gasteiger partial charge in [0.25, 0.3) is 0 Å². The molecule has 1 saturated heterocycles. The van der Waals surface area contributed by atoms with Crippen LogP contribution in [0, 0.1) is 0 Å². The third-order valence-electron chi connectivity index (χ3n) is 6.09. The Bertz CT molecular complexity index is 1230. The van der Waals surface area contributed by atoms with E-state index >= 15 is 0 Å². The molecule has 3 aromatic rings. The first-order valence-corrected chi connectivity index (χ1v) is 11.9. The molecule has 2 fully saturated rings. The molecule has 1 aromatic carbocycles. The van der Waals surface area contributed by atoms with Gasteiger partial charge >= 0.3 is 0 Å². The fourth-order valence-electron chi connectivity index (χ4n) is 4.39. The first-order chi connectivity index (χ1) is 14.4. The first kappa shape index (κ1) is 19.0. The summed E-state index contributed by atoms with van der Waals surface area (Å²) >= 11 is 0. The highest BCUT2D eigenvalue weighted by Crippen LogP contribution is 2.45. The number of hydrogen-bond donors (Lipinski definition) is 1. The summed E-state index contributed by atoms with van der Waals surface area (Å²) < 4.78 is 23.6. The number of sulfone groups is 1. The molecule has 1 N–H and O–H groups in total. The SMILES string of the molecule is CS(=O)(=O)c1cccc(CC(=O)N2CCN(c3ncnc4[nH]ccc34)CC23CC3)c1. The van der Waals surface area contributed by atoms with Crippen molar-refractivity contribution in [3.8, 4) is 0 Å². The highest BCUT2D eigenvalue weighted by atomic mass is 32.2. The lowest BCUT2D eigenvalue weighted by atomic mass is 10.1. The minimum atomic E-state index is -3.29. The Kier molecular flexibility index (Phi) is 4.32. The second kappa shape index (κ2) is 6.80. The fourth-order valence-corrected chi connectivity index (χ4v) is 5.08. The van der Waals surface area contributed by atoms with Crippen molar-refractivity contribution < 1.29 is 13.2 Å². The number of fused-ring (bicyclic) bond motifs is 1. The number of hydrogen-bond acceptors (Lipinski definition) is 6. The number of nitrogens with one attached hydrogen (secondary N) is 1. The van der Waals surface area contributed by atoms with Gasteiger partial charge in [0, 0.05) is 32.1 Å². The minimum Gasteiger partial charge on any atom is -0.352 e. The van der Waals surface area contributed by atoms with E-state index in [4.69, 9.17) is 0 Å². The van der Waals surface area contributed by atoms with Crippen molar-refractivity contribution in [1.29, 1.82) is 0 Å². The van der Waals surface area contributed by atoms with Gasteiger partial charge in [0.2, 0.25) is 5.91 Å². The molecule has 1 spiro atoms. The lowest BCUT2D eigenvalue weighted by Crippen LogP contribution is -2.57. The van der Waals surface area contributed by atoms with Crippen LogP contribution in [0.1, 0.15) is 18.4 Å². The molecule has 0 radical (unpaired) electrons. The van der Waals surface area contributed by atoms with Gasteiger partial charge in [-0.05, 0) is 36.6 Å². The maximum Gasteiger partial charge on any atom is 0.227 e. The number of carbonyl (C=O) groups excluding carboxylic acids is 1. The Balaban J connectivity index is 1.34. The number of carbonyl (C=O) groups is 1. The summed E-state index contributed by atoms with van der Waals surface area (Å²) in [5.74, 6) is 0.952. The zero-order chi connectivity index (χ0) is 20.9. The number of rotatable bonds is 4. The third-order valence-corrected chi connectivity index (χ3v) is 7.20. The second-order valence-electron chi connectivity index (χ2n) is 8.22. The summed E-state index contributed by atoms with van der Waals surface area (Å²) in [5, 5.41) is 0.991. The number of H-pyrrole nitrogens is 1. The molecule has 8 nitrogen and oxygen atoms in total. The van der Waals surface area contributed by atoms with Gasteiger partial charge in [-0.2, -0.15) is 0 Å². The van der Waals surface area contributed by atoms with E-state index in [0.717, 1.165) is 41.8 Å². The van der Waals surface area contributed by atoms with Crippen LogP contribution in [0.5, 0.6) is 0 Å². The maximum absolute atomic E-state index is 13.1. The quantitative estimate of drug-likeness (QED) is 0.684. The lowest BCUT2D eigenvalue weighted by molar-refractivity contribution is -0.134. The molecule has 1 aliphatic heterocycles. The number of amides is 1. The molecule has 5 rings (SSSR count). The first-order valence-electron chi connectivity index (χ1n) is 9.98. The number of nitrogens with zero attached hydrogens (tertiary/aromatic N) is 4. The fraction of sp³-hybridized carbons (Fsp3) is 0.381. The van der Waals surface area contributed by atoms with Crippen molar-refractivity contribution in [2.45, 2.75) is 29.7 Å². The highest BCUT2D eigenvalue weighted by Gasteiger charge is 2.53. The molecule has 156 valence electrons. The van der Waals surface area contributed by atoms with Crippen molar-refractivity contribution >= 4 is 32.6 Å². The van der Waals surface area contributed by atoms with E-state index in [1.54, 1.807) is 24.5 Å². The average Bonchev–Trinajstić information content (AvgIpc) is 3.29. The van der Waals surface area contributed by atoms with E-state index in [9.17, 15) is 13.2 Å². The van der Waals surface area contributed by atoms with Crippen molar-refractivity contribution in [3.05, 3.63) is 48.4 Å². The standard InChI is InChI=1S/C21H23N5O3S/c1-30(28,29)16-4-2-3-15(11-16)12-18(27)26-10-9-25(13-21(26)6-7-21)20-17-5-8-22-19(17)23-14-24-20/h2-5,8,11,14H,6-7,9-10,12-13H2,1H3,(H,22,23,24). The van der Waals surface area contributed by atoms with Crippen molar-refractivity contribution in [2.75, 3.05) is 30.8 Å². The molecule has 0 bridgehead atoms. The topological polar surface area (TPSA) is 99.3 Å². The number of aromatic amines is 1. The zero-order valence-corrected chi connectivity index (χ0v) is 17.5. The van der Waals surface area contributed by atoms with Crippen LogP contribution in [0.25, 0.3) is 11.0 Å². The van der Waals surface area contributed by atoms with Crippen LogP contribution in [0.4, 0.5) is 5.82 Å². The smallest absolute Gasteiger partial charge is 0.227 e. The van der Waals surface area contributed by atoms with E-state index in [1.165, 1.54) is 6.26 Å². The van der Waals surface area contributed by atoms with Gasteiger partial charge in [-0.15, -0.1) is 0 Å². The summed E-state index contributed by atoms with van der Waals surface area (Å²) in [6.07, 6.45) is 6.77. The molecule has 0 unspecified atom stereocenters. The zero-order valence-electron chi connectivity index (χ0n) is 16.7. The van der Waals surface area contributed by atoms with Crippen LogP contribution in [-0.2, 0) is 21.1 Å². The van der Waals surface area contributed by atoms with Gasteiger partial charge in [-0.25, -0.2) is 18.4 Å². The molecular formula is C21H23N5O3S. The van der Waals surface area contributed by atoms with Gasteiger partial charge in [0.15, 0.2) is 9.84 Å². The molecule has 3 heterocycles. The van der Waals surface area contributed by atoms with Crippen molar-refractivity contribution in [3.63, 3.8) is 0 Å². The monoisotopic (exact) mass is 425 g/mol. The lowest BCUT2D eigenvalue weighted by Gasteiger charge is -2.43. The van der Waals surface area contributed by atoms with Crippen LogP contribution < -0.4 is 4.90 Å². The molecular weight excluding hydrogens is 402 g/mol. The molecule has 9 heteroatoms. The van der Waals surface area contributed by atoms with Gasteiger partial charge in [0.05, 0.1) is 22.2 Å². The van der Waals surface area contributed by atoms with E-state index in [-0.39, 0.29) is 22.8 Å². The van der Waals surface area contributed by atoms with E-state index < -0.39 is 9.84 Å². The van der Waals surface area contributed by atoms with Crippen LogP contribution >= 0.6 is 0 Å². The number of aromatic nitrogens is 3. The van der Waals surface area contributed by atoms with E-state index in [1.807, 2.05) is 23.2 Å². The Morgan fingerprint density at radius 3 is 2.80 bits per heavy atom. The van der Waals surface area contributed by atoms with Gasteiger partial charge in [-0.1, -0.05) is 12.1 Å². The number of benzene rings is 1. The maximum atomic E-state index is 13.1. The van der Waals surface area contributed by atoms with Gasteiger partial charge in [0.1, 0.15) is 17.8 Å². The Morgan fingerprint density at radius 2 is 2.03 bits per heavy atom. The normalized spacial score (nSPS) is 18.2. The van der Waals surface area contributed by atoms with E-state index in [2.05, 4.69) is 19.9 Å². The Morgan fingerprint density at radius 1 is 1.20 bits per heavy atom. The molecule has 30 heavy (non-hydrogen) atoms. The van der Waals surface area contributed by atoms with E-state index in [0.29, 0.717) is 13.1 Å². The van der Waals surface area contributed by atoms with Gasteiger partial charge < -0.3 is 14.8 Å². The van der Waals surface area contributed by atoms with Gasteiger partial charge in [-0.3, -0.25) is 4.79 Å². The van der Waals surface area contributed by atoms with Crippen LogP contribution in [0.2, 0.25) is 0 Å². The summed E-state index contributed by atoms with van der Waals surface area (Å²) in [5.41, 5.74) is 1.39. The summed E-state index contributed by atoms with van der Waals surface area (Å²) in [4.78, 5) is 29.5. The van der Waals surface area contributed by atoms with Crippen molar-refractivity contribution in [2.24, 2.45) is 0 Å². The summed E-state index contributed by atoms with van der Waals surface area (Å²) in [6.45, 7) is 2.08. The molecule has 1 amide bonds. The summed E-state index contributed by atoms with van der Waals surface area (Å²) in [6, 6.07) is 8.66. The largest absolute Gasteiger partial charge is 0.352 e. The predicted molar refractivity (Wildman–Crippen MR) is 113 cm³/mol. The Hall–Kier alpha value is -2.94. The summed E-state index contributed by atoms with van der Waals surface area (Å²) in [7, 11) is -3.29. The molecule has 2 aromatic heterocycles. The van der Waals surface area contributed by atoms with Crippen LogP contribution in [0.15, 0.2) is 47.8 Å². The second-order valence-corrected chi connectivity index (χ2v) is 10.2. The minimum absolute atomic E-state index is 0.0484. The Labute approximate surface area is 174 Å². The molecule has 1 saturated carbocycles. The van der Waals surface area contributed by atoms with Crippen molar-refractivity contribution in [1.82, 2.24) is 19.9 Å². The predicted octanol–water partition coefficient (Wildman–Crippen LogP) is 1.79. The number of piperazine rings is 1. The average molecular weight is 426 g/mol. The van der Waals surface area contributed by atoms with Crippen LogP contribution in [0.3, 0.4) is 0 Å². The molecule has 1 aliphatic carbocycles. The highest BCUT2D eigenvalue weighted by molar-refractivity contribution is 7.90. The molecule has 0 atom stereocenters. The third kappa shape index (κ3) is 3.32. The number of anilines is 1.